The van der Waals surface area contributed by atoms with Crippen LogP contribution in [0.15, 0.2) is 18.5 Å². The van der Waals surface area contributed by atoms with Crippen molar-refractivity contribution in [1.82, 2.24) is 9.97 Å². The Morgan fingerprint density at radius 3 is 2.59 bits per heavy atom. The zero-order chi connectivity index (χ0) is 12.6. The molecule has 0 aliphatic rings. The van der Waals surface area contributed by atoms with Crippen LogP contribution in [-0.4, -0.2) is 9.97 Å². The lowest BCUT2D eigenvalue weighted by Gasteiger charge is -2.11. The fraction of sp³-hybridized carbons (Fsp3) is 0.231. The van der Waals surface area contributed by atoms with Gasteiger partial charge in [0.1, 0.15) is 10.5 Å². The van der Waals surface area contributed by atoms with Crippen LogP contribution < -0.4 is 0 Å². The van der Waals surface area contributed by atoms with E-state index in [0.717, 1.165) is 16.7 Å². The third-order valence-electron chi connectivity index (χ3n) is 2.77. The molecular weight excluding hydrogens is 235 g/mol. The third kappa shape index (κ3) is 2.13. The lowest BCUT2D eigenvalue weighted by molar-refractivity contribution is 0.628. The van der Waals surface area contributed by atoms with Crippen molar-refractivity contribution < 1.29 is 4.39 Å². The van der Waals surface area contributed by atoms with Gasteiger partial charge in [-0.1, -0.05) is 18.3 Å². The molecule has 2 aromatic rings. The summed E-state index contributed by atoms with van der Waals surface area (Å²) in [6.07, 6.45) is 1.50. The van der Waals surface area contributed by atoms with Crippen LogP contribution in [0, 0.1) is 31.2 Å². The van der Waals surface area contributed by atoms with Gasteiger partial charge in [0.15, 0.2) is 0 Å². The lowest BCUT2D eigenvalue weighted by Crippen LogP contribution is -1.97. The van der Waals surface area contributed by atoms with Gasteiger partial charge in [-0.15, -0.1) is 0 Å². The van der Waals surface area contributed by atoms with Crippen molar-refractivity contribution in [2.75, 3.05) is 0 Å². The number of nitrogens with zero attached hydrogens (tertiary/aromatic N) is 1. The first-order valence-electron chi connectivity index (χ1n) is 5.32. The van der Waals surface area contributed by atoms with E-state index in [4.69, 9.17) is 12.2 Å². The van der Waals surface area contributed by atoms with E-state index in [-0.39, 0.29) is 5.82 Å². The maximum atomic E-state index is 14.0. The molecule has 0 aliphatic carbocycles. The molecule has 0 aliphatic heterocycles. The van der Waals surface area contributed by atoms with Crippen molar-refractivity contribution in [3.63, 3.8) is 0 Å². The summed E-state index contributed by atoms with van der Waals surface area (Å²) in [5.74, 6) is -0.234. The van der Waals surface area contributed by atoms with E-state index in [9.17, 15) is 4.39 Å². The number of aromatic amines is 1. The minimum Gasteiger partial charge on any atom is -0.345 e. The molecule has 0 saturated carbocycles. The molecule has 0 fully saturated rings. The number of nitrogens with one attached hydrogen (secondary N) is 1. The van der Waals surface area contributed by atoms with Gasteiger partial charge in [-0.2, -0.15) is 0 Å². The van der Waals surface area contributed by atoms with Gasteiger partial charge in [-0.05, 0) is 38.0 Å². The van der Waals surface area contributed by atoms with Gasteiger partial charge in [-0.3, -0.25) is 0 Å². The van der Waals surface area contributed by atoms with Gasteiger partial charge >= 0.3 is 0 Å². The molecule has 2 nitrogen and oxygen atoms in total. The highest BCUT2D eigenvalue weighted by molar-refractivity contribution is 7.71. The van der Waals surface area contributed by atoms with Gasteiger partial charge in [0, 0.05) is 11.1 Å². The van der Waals surface area contributed by atoms with Crippen LogP contribution in [0.1, 0.15) is 16.7 Å². The van der Waals surface area contributed by atoms with Gasteiger partial charge in [0.2, 0.25) is 0 Å². The Bertz CT molecular complexity index is 609. The number of hydrogen-bond donors (Lipinski definition) is 1. The monoisotopic (exact) mass is 248 g/mol. The summed E-state index contributed by atoms with van der Waals surface area (Å²) < 4.78 is 14.5. The molecule has 1 aromatic heterocycles. The van der Waals surface area contributed by atoms with Crippen molar-refractivity contribution in [3.8, 4) is 11.3 Å². The number of aryl methyl sites for hydroxylation is 2. The highest BCUT2D eigenvalue weighted by atomic mass is 32.1. The number of rotatable bonds is 1. The first-order valence-corrected chi connectivity index (χ1v) is 5.73. The predicted octanol–water partition coefficient (Wildman–Crippen LogP) is 3.87. The highest BCUT2D eigenvalue weighted by Gasteiger charge is 2.12. The molecule has 2 rings (SSSR count). The summed E-state index contributed by atoms with van der Waals surface area (Å²) >= 11 is 5.10. The Balaban J connectivity index is 2.77. The van der Waals surface area contributed by atoms with Gasteiger partial charge in [0.25, 0.3) is 0 Å². The van der Waals surface area contributed by atoms with Crippen LogP contribution in [-0.2, 0) is 0 Å². The summed E-state index contributed by atoms with van der Waals surface area (Å²) in [4.78, 5) is 6.96. The Morgan fingerprint density at radius 2 is 1.94 bits per heavy atom. The summed E-state index contributed by atoms with van der Waals surface area (Å²) in [5, 5.41) is 0. The smallest absolute Gasteiger partial charge is 0.133 e. The molecule has 1 aromatic carbocycles. The van der Waals surface area contributed by atoms with Crippen molar-refractivity contribution in [3.05, 3.63) is 45.6 Å². The highest BCUT2D eigenvalue weighted by Crippen LogP contribution is 2.28. The summed E-state index contributed by atoms with van der Waals surface area (Å²) in [6, 6.07) is 3.48. The van der Waals surface area contributed by atoms with E-state index < -0.39 is 0 Å². The van der Waals surface area contributed by atoms with Crippen LogP contribution in [0.5, 0.6) is 0 Å². The van der Waals surface area contributed by atoms with E-state index in [0.29, 0.717) is 15.9 Å². The molecule has 0 bridgehead atoms. The quantitative estimate of drug-likeness (QED) is 0.776. The number of hydrogen-bond acceptors (Lipinski definition) is 2. The maximum Gasteiger partial charge on any atom is 0.133 e. The second-order valence-corrected chi connectivity index (χ2v) is 4.53. The minimum absolute atomic E-state index is 0.234. The average molecular weight is 248 g/mol. The zero-order valence-corrected chi connectivity index (χ0v) is 10.8. The van der Waals surface area contributed by atoms with Crippen molar-refractivity contribution in [1.29, 1.82) is 0 Å². The number of aromatic nitrogens is 2. The van der Waals surface area contributed by atoms with E-state index in [1.165, 1.54) is 12.4 Å². The molecule has 88 valence electrons. The van der Waals surface area contributed by atoms with Gasteiger partial charge < -0.3 is 4.98 Å². The van der Waals surface area contributed by atoms with Crippen LogP contribution in [0.4, 0.5) is 4.39 Å². The molecule has 0 amide bonds. The molecule has 1 N–H and O–H groups in total. The largest absolute Gasteiger partial charge is 0.345 e. The number of benzene rings is 1. The van der Waals surface area contributed by atoms with E-state index in [1.54, 1.807) is 0 Å². The fourth-order valence-electron chi connectivity index (χ4n) is 1.96. The normalized spacial score (nSPS) is 10.6. The minimum atomic E-state index is -0.234. The van der Waals surface area contributed by atoms with Crippen LogP contribution in [0.2, 0.25) is 0 Å². The van der Waals surface area contributed by atoms with Crippen molar-refractivity contribution >= 4 is 12.2 Å². The average Bonchev–Trinajstić information content (AvgIpc) is 2.23. The van der Waals surface area contributed by atoms with E-state index in [2.05, 4.69) is 9.97 Å². The van der Waals surface area contributed by atoms with E-state index in [1.807, 2.05) is 26.8 Å². The number of H-pyrrole nitrogens is 1. The Kier molecular flexibility index (Phi) is 3.07. The SMILES string of the molecule is Cc1cc(C)c(-c2[nH]cnc(=S)c2C)c(F)c1. The maximum absolute atomic E-state index is 14.0. The summed E-state index contributed by atoms with van der Waals surface area (Å²) in [6.45, 7) is 5.61. The third-order valence-corrected chi connectivity index (χ3v) is 3.18. The summed E-state index contributed by atoms with van der Waals surface area (Å²) in [7, 11) is 0. The lowest BCUT2D eigenvalue weighted by atomic mass is 10.00. The molecular formula is C13H13FN2S. The zero-order valence-electron chi connectivity index (χ0n) is 9.97. The summed E-state index contributed by atoms with van der Waals surface area (Å²) in [5.41, 5.74) is 3.88. The molecule has 0 spiro atoms. The molecule has 17 heavy (non-hydrogen) atoms. The first kappa shape index (κ1) is 11.9. The topological polar surface area (TPSA) is 28.7 Å². The number of halogens is 1. The molecule has 0 unspecified atom stereocenters. The Hall–Kier alpha value is -1.55. The second-order valence-electron chi connectivity index (χ2n) is 4.15. The molecule has 0 atom stereocenters. The van der Waals surface area contributed by atoms with Crippen molar-refractivity contribution in [2.45, 2.75) is 20.8 Å². The molecule has 1 heterocycles. The fourth-order valence-corrected chi connectivity index (χ4v) is 2.11. The standard InChI is InChI=1S/C13H13FN2S/c1-7-4-8(2)11(10(14)5-7)12-9(3)13(17)16-6-15-12/h4-6H,1-3H3,(H,15,16,17). The Morgan fingerprint density at radius 1 is 1.24 bits per heavy atom. The Labute approximate surface area is 105 Å². The molecule has 0 saturated heterocycles. The first-order chi connectivity index (χ1) is 8.00. The van der Waals surface area contributed by atoms with Gasteiger partial charge in [-0.25, -0.2) is 9.37 Å². The van der Waals surface area contributed by atoms with Gasteiger partial charge in [0.05, 0.1) is 12.0 Å². The van der Waals surface area contributed by atoms with Crippen LogP contribution in [0.25, 0.3) is 11.3 Å². The predicted molar refractivity (Wildman–Crippen MR) is 69.0 cm³/mol. The van der Waals surface area contributed by atoms with Crippen molar-refractivity contribution in [2.24, 2.45) is 0 Å². The van der Waals surface area contributed by atoms with E-state index >= 15 is 0 Å². The molecule has 0 radical (unpaired) electrons. The van der Waals surface area contributed by atoms with Crippen LogP contribution >= 0.6 is 12.2 Å². The van der Waals surface area contributed by atoms with Crippen LogP contribution in [0.3, 0.4) is 0 Å². The second kappa shape index (κ2) is 4.37. The molecule has 4 heteroatoms.